The van der Waals surface area contributed by atoms with Crippen molar-refractivity contribution < 1.29 is 22.7 Å². The normalized spacial score (nSPS) is 11.5. The predicted octanol–water partition coefficient (Wildman–Crippen LogP) is 4.00. The van der Waals surface area contributed by atoms with Crippen LogP contribution in [0.4, 0.5) is 0 Å². The third-order valence-corrected chi connectivity index (χ3v) is 4.78. The fraction of sp³-hybridized carbons (Fsp3) is 0.167. The number of benzene rings is 2. The smallest absolute Gasteiger partial charge is 0.345 e. The quantitative estimate of drug-likeness (QED) is 0.579. The molecule has 0 aliphatic heterocycles. The van der Waals surface area contributed by atoms with Crippen molar-refractivity contribution in [3.05, 3.63) is 58.6 Å². The second-order valence-corrected chi connectivity index (χ2v) is 7.64. The Morgan fingerprint density at radius 1 is 1.12 bits per heavy atom. The molecule has 0 bridgehead atoms. The first-order valence-electron chi connectivity index (χ1n) is 7.28. The molecule has 0 aliphatic rings. The molecule has 0 saturated heterocycles. The van der Waals surface area contributed by atoms with Gasteiger partial charge < -0.3 is 9.47 Å². The molecule has 0 N–H and O–H groups in total. The van der Waals surface area contributed by atoms with Gasteiger partial charge in [-0.25, -0.2) is 13.2 Å². The highest BCUT2D eigenvalue weighted by Gasteiger charge is 2.19. The number of sulfone groups is 1. The van der Waals surface area contributed by atoms with E-state index in [1.165, 1.54) is 25.3 Å². The molecule has 2 rings (SSSR count). The number of ether oxygens (including phenoxy) is 2. The first kappa shape index (κ1) is 19.0. The fourth-order valence-corrected chi connectivity index (χ4v) is 2.95. The monoisotopic (exact) mass is 380 g/mol. The van der Waals surface area contributed by atoms with Crippen molar-refractivity contribution in [1.29, 1.82) is 0 Å². The van der Waals surface area contributed by atoms with E-state index in [9.17, 15) is 13.2 Å². The van der Waals surface area contributed by atoms with Gasteiger partial charge in [0.25, 0.3) is 0 Å². The summed E-state index contributed by atoms with van der Waals surface area (Å²) in [6.07, 6.45) is 4.80. The number of carbonyl (C=O) groups is 1. The minimum absolute atomic E-state index is 0.0146. The van der Waals surface area contributed by atoms with E-state index in [-0.39, 0.29) is 21.2 Å². The maximum absolute atomic E-state index is 12.4. The first-order chi connectivity index (χ1) is 11.8. The molecule has 0 spiro atoms. The number of carbonyl (C=O) groups excluding carboxylic acids is 1. The molecule has 0 aliphatic carbocycles. The van der Waals surface area contributed by atoms with Crippen molar-refractivity contribution >= 4 is 33.5 Å². The third-order valence-electron chi connectivity index (χ3n) is 3.34. The first-order valence-corrected chi connectivity index (χ1v) is 9.55. The van der Waals surface area contributed by atoms with Crippen LogP contribution in [0, 0.1) is 0 Å². The van der Waals surface area contributed by atoms with E-state index in [2.05, 4.69) is 0 Å². The lowest BCUT2D eigenvalue weighted by molar-refractivity contribution is 0.0729. The van der Waals surface area contributed by atoms with Crippen LogP contribution in [0.5, 0.6) is 11.5 Å². The molecule has 0 atom stereocenters. The van der Waals surface area contributed by atoms with Gasteiger partial charge in [0, 0.05) is 6.26 Å². The Labute approximate surface area is 151 Å². The van der Waals surface area contributed by atoms with Crippen molar-refractivity contribution in [3.8, 4) is 11.5 Å². The molecule has 132 valence electrons. The van der Waals surface area contributed by atoms with Crippen molar-refractivity contribution in [2.24, 2.45) is 0 Å². The van der Waals surface area contributed by atoms with Crippen molar-refractivity contribution in [2.75, 3.05) is 13.4 Å². The van der Waals surface area contributed by atoms with Crippen molar-refractivity contribution in [3.63, 3.8) is 0 Å². The van der Waals surface area contributed by atoms with Gasteiger partial charge in [-0.3, -0.25) is 0 Å². The Morgan fingerprint density at radius 3 is 2.44 bits per heavy atom. The van der Waals surface area contributed by atoms with Gasteiger partial charge in [0.1, 0.15) is 0 Å². The summed E-state index contributed by atoms with van der Waals surface area (Å²) < 4.78 is 33.9. The Hall–Kier alpha value is -2.31. The molecule has 0 aromatic heterocycles. The topological polar surface area (TPSA) is 69.7 Å². The minimum atomic E-state index is -3.47. The van der Waals surface area contributed by atoms with Crippen LogP contribution >= 0.6 is 11.6 Å². The molecule has 0 fully saturated rings. The van der Waals surface area contributed by atoms with Gasteiger partial charge in [0.05, 0.1) is 22.6 Å². The van der Waals surface area contributed by atoms with Gasteiger partial charge in [-0.1, -0.05) is 29.8 Å². The molecule has 0 unspecified atom stereocenters. The number of hydrogen-bond acceptors (Lipinski definition) is 5. The Kier molecular flexibility index (Phi) is 5.87. The maximum atomic E-state index is 12.4. The summed E-state index contributed by atoms with van der Waals surface area (Å²) in [5.74, 6) is -0.187. The fourth-order valence-electron chi connectivity index (χ4n) is 2.11. The van der Waals surface area contributed by atoms with Crippen LogP contribution in [-0.4, -0.2) is 27.8 Å². The van der Waals surface area contributed by atoms with Crippen molar-refractivity contribution in [1.82, 2.24) is 0 Å². The van der Waals surface area contributed by atoms with Gasteiger partial charge in [-0.2, -0.15) is 0 Å². The second kappa shape index (κ2) is 7.72. The van der Waals surface area contributed by atoms with E-state index in [1.54, 1.807) is 18.2 Å². The molecule has 0 radical (unpaired) electrons. The zero-order valence-electron chi connectivity index (χ0n) is 13.9. The highest BCUT2D eigenvalue weighted by molar-refractivity contribution is 7.90. The van der Waals surface area contributed by atoms with Gasteiger partial charge in [0.2, 0.25) is 0 Å². The number of esters is 1. The van der Waals surface area contributed by atoms with E-state index in [4.69, 9.17) is 21.1 Å². The van der Waals surface area contributed by atoms with Gasteiger partial charge in [-0.15, -0.1) is 0 Å². The number of halogens is 1. The zero-order valence-corrected chi connectivity index (χ0v) is 15.5. The summed E-state index contributed by atoms with van der Waals surface area (Å²) in [5.41, 5.74) is 0.848. The Balaban J connectivity index is 2.37. The van der Waals surface area contributed by atoms with Gasteiger partial charge in [0.15, 0.2) is 21.3 Å². The van der Waals surface area contributed by atoms with Crippen LogP contribution in [0.2, 0.25) is 5.02 Å². The summed E-state index contributed by atoms with van der Waals surface area (Å²) in [5, 5.41) is 0.0990. The number of allylic oxidation sites excluding steroid dienone is 1. The lowest BCUT2D eigenvalue weighted by Crippen LogP contribution is -2.11. The van der Waals surface area contributed by atoms with Gasteiger partial charge >= 0.3 is 5.97 Å². The molecule has 5 nitrogen and oxygen atoms in total. The van der Waals surface area contributed by atoms with Crippen LogP contribution in [0.1, 0.15) is 22.8 Å². The second-order valence-electron chi connectivity index (χ2n) is 5.21. The van der Waals surface area contributed by atoms with E-state index in [0.29, 0.717) is 5.75 Å². The van der Waals surface area contributed by atoms with E-state index in [1.807, 2.05) is 19.1 Å². The molecular weight excluding hydrogens is 364 g/mol. The molecule has 2 aromatic carbocycles. The molecule has 0 saturated carbocycles. The molecule has 7 heteroatoms. The van der Waals surface area contributed by atoms with E-state index in [0.717, 1.165) is 11.8 Å². The lowest BCUT2D eigenvalue weighted by atomic mass is 10.2. The largest absolute Gasteiger partial charge is 0.493 e. The van der Waals surface area contributed by atoms with Gasteiger partial charge in [-0.05, 0) is 42.8 Å². The van der Waals surface area contributed by atoms with Crippen molar-refractivity contribution in [2.45, 2.75) is 11.8 Å². The van der Waals surface area contributed by atoms with Crippen LogP contribution < -0.4 is 9.47 Å². The van der Waals surface area contributed by atoms with Crippen LogP contribution in [0.15, 0.2) is 47.4 Å². The standard InChI is InChI=1S/C18H17ClO5S/c1-4-5-12-6-9-16(17(10-12)23-2)24-18(20)14-11-13(25(3,21)22)7-8-15(14)19/h4-11H,1-3H3. The highest BCUT2D eigenvalue weighted by atomic mass is 35.5. The molecule has 2 aromatic rings. The van der Waals surface area contributed by atoms with E-state index < -0.39 is 15.8 Å². The average Bonchev–Trinajstić information content (AvgIpc) is 2.55. The minimum Gasteiger partial charge on any atom is -0.493 e. The Bertz CT molecular complexity index is 932. The average molecular weight is 381 g/mol. The number of hydrogen-bond donors (Lipinski definition) is 0. The summed E-state index contributed by atoms with van der Waals surface area (Å²) in [4.78, 5) is 12.4. The van der Waals surface area contributed by atoms with E-state index >= 15 is 0 Å². The van der Waals surface area contributed by atoms with Crippen LogP contribution in [0.25, 0.3) is 6.08 Å². The summed E-state index contributed by atoms with van der Waals surface area (Å²) in [6.45, 7) is 1.89. The SMILES string of the molecule is CC=Cc1ccc(OC(=O)c2cc(S(C)(=O)=O)ccc2Cl)c(OC)c1. The zero-order chi connectivity index (χ0) is 18.6. The lowest BCUT2D eigenvalue weighted by Gasteiger charge is -2.11. The summed E-state index contributed by atoms with van der Waals surface area (Å²) >= 11 is 6.01. The number of rotatable bonds is 5. The molecular formula is C18H17ClO5S. The number of methoxy groups -OCH3 is 1. The Morgan fingerprint density at radius 2 is 1.84 bits per heavy atom. The molecule has 25 heavy (non-hydrogen) atoms. The molecule has 0 heterocycles. The highest BCUT2D eigenvalue weighted by Crippen LogP contribution is 2.30. The molecule has 0 amide bonds. The van der Waals surface area contributed by atoms with Crippen LogP contribution in [-0.2, 0) is 9.84 Å². The maximum Gasteiger partial charge on any atom is 0.345 e. The predicted molar refractivity (Wildman–Crippen MR) is 97.2 cm³/mol. The summed E-state index contributed by atoms with van der Waals surface area (Å²) in [7, 11) is -2.01. The summed E-state index contributed by atoms with van der Waals surface area (Å²) in [6, 6.07) is 8.96. The third kappa shape index (κ3) is 4.61. The van der Waals surface area contributed by atoms with Crippen LogP contribution in [0.3, 0.4) is 0 Å².